The molecular weight excluding hydrogens is 168 g/mol. The van der Waals surface area contributed by atoms with Gasteiger partial charge < -0.3 is 10.1 Å². The quantitative estimate of drug-likeness (QED) is 0.625. The average Bonchev–Trinajstić information content (AvgIpc) is 2.15. The number of hydrogen-bond acceptors (Lipinski definition) is 3. The molecule has 13 heavy (non-hydrogen) atoms. The van der Waals surface area contributed by atoms with Crippen molar-refractivity contribution >= 4 is 5.91 Å². The summed E-state index contributed by atoms with van der Waals surface area (Å²) in [6.07, 6.45) is 0.762. The van der Waals surface area contributed by atoms with Crippen molar-refractivity contribution in [1.82, 2.24) is 5.32 Å². The third-order valence-electron chi connectivity index (χ3n) is 2.32. The summed E-state index contributed by atoms with van der Waals surface area (Å²) in [6, 6.07) is 1.89. The van der Waals surface area contributed by atoms with Crippen LogP contribution in [0.5, 0.6) is 0 Å². The second-order valence-corrected chi connectivity index (χ2v) is 3.32. The third kappa shape index (κ3) is 2.71. The van der Waals surface area contributed by atoms with Gasteiger partial charge in [0.1, 0.15) is 6.54 Å². The maximum atomic E-state index is 11.4. The summed E-state index contributed by atoms with van der Waals surface area (Å²) in [5, 5.41) is 10.9. The van der Waals surface area contributed by atoms with Crippen molar-refractivity contribution in [1.29, 1.82) is 5.26 Å². The lowest BCUT2D eigenvalue weighted by atomic mass is 9.89. The van der Waals surface area contributed by atoms with E-state index in [1.165, 1.54) is 0 Å². The Balaban J connectivity index is 2.40. The Morgan fingerprint density at radius 1 is 1.77 bits per heavy atom. The molecule has 0 aromatic carbocycles. The number of nitrogens with zero attached hydrogens (tertiary/aromatic N) is 1. The highest BCUT2D eigenvalue weighted by molar-refractivity contribution is 5.79. The minimum absolute atomic E-state index is 0.0158. The summed E-state index contributed by atoms with van der Waals surface area (Å²) < 4.78 is 5.22. The monoisotopic (exact) mass is 182 g/mol. The molecule has 1 saturated heterocycles. The zero-order valence-electron chi connectivity index (χ0n) is 7.75. The maximum Gasteiger partial charge on any atom is 0.224 e. The molecule has 0 aromatic heterocycles. The number of carbonyl (C=O) groups excluding carboxylic acids is 1. The maximum absolute atomic E-state index is 11.4. The number of rotatable bonds is 2. The number of carbonyl (C=O) groups is 1. The van der Waals surface area contributed by atoms with Crippen LogP contribution >= 0.6 is 0 Å². The van der Waals surface area contributed by atoms with Gasteiger partial charge in [-0.25, -0.2) is 0 Å². The molecule has 0 spiro atoms. The van der Waals surface area contributed by atoms with E-state index >= 15 is 0 Å². The Kier molecular flexibility index (Phi) is 3.71. The molecule has 0 aliphatic carbocycles. The van der Waals surface area contributed by atoms with Gasteiger partial charge in [-0.3, -0.25) is 4.79 Å². The first-order chi connectivity index (χ1) is 6.25. The van der Waals surface area contributed by atoms with E-state index in [0.29, 0.717) is 13.2 Å². The SMILES string of the molecule is CC1COCCC1C(=O)NCC#N. The molecule has 0 saturated carbocycles. The molecule has 1 aliphatic heterocycles. The zero-order chi connectivity index (χ0) is 9.68. The van der Waals surface area contributed by atoms with Crippen molar-refractivity contribution in [2.45, 2.75) is 13.3 Å². The topological polar surface area (TPSA) is 62.1 Å². The molecule has 4 nitrogen and oxygen atoms in total. The van der Waals surface area contributed by atoms with Crippen LogP contribution < -0.4 is 5.32 Å². The van der Waals surface area contributed by atoms with Gasteiger partial charge in [0, 0.05) is 19.1 Å². The molecule has 1 aliphatic rings. The van der Waals surface area contributed by atoms with E-state index < -0.39 is 0 Å². The van der Waals surface area contributed by atoms with Gasteiger partial charge in [-0.05, 0) is 12.3 Å². The second-order valence-electron chi connectivity index (χ2n) is 3.32. The lowest BCUT2D eigenvalue weighted by Gasteiger charge is -2.27. The lowest BCUT2D eigenvalue weighted by Crippen LogP contribution is -2.39. The zero-order valence-corrected chi connectivity index (χ0v) is 7.75. The Bertz CT molecular complexity index is 222. The molecule has 2 unspecified atom stereocenters. The van der Waals surface area contributed by atoms with Gasteiger partial charge in [-0.1, -0.05) is 6.92 Å². The summed E-state index contributed by atoms with van der Waals surface area (Å²) in [5.74, 6) is 0.256. The Hall–Kier alpha value is -1.08. The molecule has 0 bridgehead atoms. The van der Waals surface area contributed by atoms with Crippen LogP contribution in [0.4, 0.5) is 0 Å². The van der Waals surface area contributed by atoms with E-state index in [2.05, 4.69) is 5.32 Å². The first-order valence-corrected chi connectivity index (χ1v) is 4.48. The lowest BCUT2D eigenvalue weighted by molar-refractivity contribution is -0.130. The number of ether oxygens (including phenoxy) is 1. The first-order valence-electron chi connectivity index (χ1n) is 4.48. The molecule has 1 rings (SSSR count). The van der Waals surface area contributed by atoms with Crippen molar-refractivity contribution in [2.24, 2.45) is 11.8 Å². The minimum atomic E-state index is -0.0163. The van der Waals surface area contributed by atoms with E-state index in [0.717, 1.165) is 6.42 Å². The number of nitrogens with one attached hydrogen (secondary N) is 1. The molecule has 1 heterocycles. The highest BCUT2D eigenvalue weighted by Gasteiger charge is 2.27. The molecule has 1 N–H and O–H groups in total. The molecule has 1 fully saturated rings. The Labute approximate surface area is 77.9 Å². The summed E-state index contributed by atoms with van der Waals surface area (Å²) in [6.45, 7) is 3.39. The van der Waals surface area contributed by atoms with Crippen molar-refractivity contribution < 1.29 is 9.53 Å². The fraction of sp³-hybridized carbons (Fsp3) is 0.778. The normalized spacial score (nSPS) is 27.7. The molecule has 72 valence electrons. The van der Waals surface area contributed by atoms with Crippen molar-refractivity contribution in [3.63, 3.8) is 0 Å². The van der Waals surface area contributed by atoms with Crippen LogP contribution in [0.3, 0.4) is 0 Å². The van der Waals surface area contributed by atoms with Crippen LogP contribution in [0.2, 0.25) is 0 Å². The van der Waals surface area contributed by atoms with Gasteiger partial charge in [0.2, 0.25) is 5.91 Å². The number of nitriles is 1. The van der Waals surface area contributed by atoms with Gasteiger partial charge in [0.05, 0.1) is 6.07 Å². The van der Waals surface area contributed by atoms with Crippen LogP contribution in [0.25, 0.3) is 0 Å². The standard InChI is InChI=1S/C9H14N2O2/c1-7-6-13-5-2-8(7)9(12)11-4-3-10/h7-8H,2,4-6H2,1H3,(H,11,12). The van der Waals surface area contributed by atoms with E-state index in [4.69, 9.17) is 10.00 Å². The van der Waals surface area contributed by atoms with Gasteiger partial charge in [0.15, 0.2) is 0 Å². The van der Waals surface area contributed by atoms with Crippen LogP contribution in [0, 0.1) is 23.2 Å². The van der Waals surface area contributed by atoms with Crippen LogP contribution in [-0.2, 0) is 9.53 Å². The smallest absolute Gasteiger partial charge is 0.224 e. The van der Waals surface area contributed by atoms with Crippen molar-refractivity contribution in [3.05, 3.63) is 0 Å². The van der Waals surface area contributed by atoms with E-state index in [1.54, 1.807) is 0 Å². The Morgan fingerprint density at radius 2 is 2.54 bits per heavy atom. The second kappa shape index (κ2) is 4.83. The Morgan fingerprint density at radius 3 is 3.15 bits per heavy atom. The minimum Gasteiger partial charge on any atom is -0.381 e. The fourth-order valence-corrected chi connectivity index (χ4v) is 1.53. The average molecular weight is 182 g/mol. The summed E-state index contributed by atoms with van der Waals surface area (Å²) in [5.41, 5.74) is 0. The van der Waals surface area contributed by atoms with Crippen LogP contribution in [0.15, 0.2) is 0 Å². The molecule has 0 aromatic rings. The van der Waals surface area contributed by atoms with Gasteiger partial charge in [0.25, 0.3) is 0 Å². The number of amides is 1. The molecule has 2 atom stereocenters. The third-order valence-corrected chi connectivity index (χ3v) is 2.32. The predicted molar refractivity (Wildman–Crippen MR) is 46.7 cm³/mol. The van der Waals surface area contributed by atoms with E-state index in [9.17, 15) is 4.79 Å². The van der Waals surface area contributed by atoms with Gasteiger partial charge in [-0.2, -0.15) is 5.26 Å². The van der Waals surface area contributed by atoms with Crippen LogP contribution in [-0.4, -0.2) is 25.7 Å². The molecule has 0 radical (unpaired) electrons. The summed E-state index contributed by atoms with van der Waals surface area (Å²) >= 11 is 0. The van der Waals surface area contributed by atoms with Gasteiger partial charge in [-0.15, -0.1) is 0 Å². The predicted octanol–water partition coefficient (Wildman–Crippen LogP) is 0.299. The van der Waals surface area contributed by atoms with Crippen molar-refractivity contribution in [3.8, 4) is 6.07 Å². The first kappa shape index (κ1) is 10.0. The molecule has 1 amide bonds. The highest BCUT2D eigenvalue weighted by atomic mass is 16.5. The van der Waals surface area contributed by atoms with Crippen LogP contribution in [0.1, 0.15) is 13.3 Å². The summed E-state index contributed by atoms with van der Waals surface area (Å²) in [7, 11) is 0. The number of hydrogen-bond donors (Lipinski definition) is 1. The highest BCUT2D eigenvalue weighted by Crippen LogP contribution is 2.20. The largest absolute Gasteiger partial charge is 0.381 e. The molecule has 4 heteroatoms. The molecular formula is C9H14N2O2. The van der Waals surface area contributed by atoms with E-state index in [-0.39, 0.29) is 24.3 Å². The van der Waals surface area contributed by atoms with Gasteiger partial charge >= 0.3 is 0 Å². The van der Waals surface area contributed by atoms with Crippen molar-refractivity contribution in [2.75, 3.05) is 19.8 Å². The summed E-state index contributed by atoms with van der Waals surface area (Å²) in [4.78, 5) is 11.4. The van der Waals surface area contributed by atoms with E-state index in [1.807, 2.05) is 13.0 Å². The fourth-order valence-electron chi connectivity index (χ4n) is 1.53.